The molecule has 3 N–H and O–H groups in total. The van der Waals surface area contributed by atoms with Crippen LogP contribution in [0.3, 0.4) is 0 Å². The van der Waals surface area contributed by atoms with Gasteiger partial charge in [-0.05, 0) is 25.1 Å². The van der Waals surface area contributed by atoms with E-state index in [4.69, 9.17) is 0 Å². The van der Waals surface area contributed by atoms with E-state index in [1.54, 1.807) is 0 Å². The van der Waals surface area contributed by atoms with Gasteiger partial charge in [-0.2, -0.15) is 9.50 Å². The molecular formula is C19H15N5O3. The molecule has 0 fully saturated rings. The lowest BCUT2D eigenvalue weighted by molar-refractivity contribution is 0.101. The number of aryl methyl sites for hydroxylation is 1. The van der Waals surface area contributed by atoms with Gasteiger partial charge in [-0.15, -0.1) is 5.10 Å². The number of aromatic nitrogens is 4. The molecule has 0 aliphatic rings. The lowest BCUT2D eigenvalue weighted by Crippen LogP contribution is -2.14. The summed E-state index contributed by atoms with van der Waals surface area (Å²) >= 11 is 0. The molecule has 0 atom stereocenters. The van der Waals surface area contributed by atoms with Crippen LogP contribution in [0.25, 0.3) is 17.0 Å². The van der Waals surface area contributed by atoms with Gasteiger partial charge in [0.05, 0.1) is 5.69 Å². The largest absolute Gasteiger partial charge is 0.504 e. The Morgan fingerprint density at radius 3 is 2.52 bits per heavy atom. The van der Waals surface area contributed by atoms with Crippen LogP contribution in [0.1, 0.15) is 16.3 Å². The zero-order valence-corrected chi connectivity index (χ0v) is 14.3. The molecule has 2 heterocycles. The van der Waals surface area contributed by atoms with Crippen molar-refractivity contribution in [3.63, 3.8) is 0 Å². The Kier molecular flexibility index (Phi) is 3.92. The molecule has 8 nitrogen and oxygen atoms in total. The van der Waals surface area contributed by atoms with Gasteiger partial charge in [0.25, 0.3) is 11.7 Å². The van der Waals surface area contributed by atoms with E-state index in [1.165, 1.54) is 22.7 Å². The molecule has 0 saturated heterocycles. The first kappa shape index (κ1) is 16.5. The number of aromatic hydroxyl groups is 2. The Hall–Kier alpha value is -3.94. The number of phenols is 2. The van der Waals surface area contributed by atoms with Gasteiger partial charge in [0.1, 0.15) is 0 Å². The van der Waals surface area contributed by atoms with Gasteiger partial charge in [0.15, 0.2) is 11.5 Å². The lowest BCUT2D eigenvalue weighted by Gasteiger charge is -2.05. The highest BCUT2D eigenvalue weighted by Crippen LogP contribution is 2.27. The third-order valence-corrected chi connectivity index (χ3v) is 3.95. The van der Waals surface area contributed by atoms with Crippen LogP contribution in [0.5, 0.6) is 11.5 Å². The summed E-state index contributed by atoms with van der Waals surface area (Å²) in [6.07, 6.45) is 0. The third kappa shape index (κ3) is 3.15. The first-order valence-corrected chi connectivity index (χ1v) is 8.14. The third-order valence-electron chi connectivity index (χ3n) is 3.95. The standard InChI is InChI=1S/C19H15N5O3/c1-11-9-14(12-5-3-2-4-6-12)24-19(20-11)22-17(23-24)18(27)21-13-7-8-15(25)16(26)10-13/h2-10,25-26H,1H3,(H,21,27). The number of rotatable bonds is 3. The van der Waals surface area contributed by atoms with Crippen molar-refractivity contribution in [2.45, 2.75) is 6.92 Å². The number of fused-ring (bicyclic) bond motifs is 1. The zero-order valence-electron chi connectivity index (χ0n) is 14.3. The van der Waals surface area contributed by atoms with Crippen LogP contribution in [0, 0.1) is 6.92 Å². The number of carbonyl (C=O) groups excluding carboxylic acids is 1. The number of nitrogens with zero attached hydrogens (tertiary/aromatic N) is 4. The summed E-state index contributed by atoms with van der Waals surface area (Å²) in [6, 6.07) is 15.5. The van der Waals surface area contributed by atoms with Crippen LogP contribution < -0.4 is 5.32 Å². The maximum absolute atomic E-state index is 12.5. The molecule has 0 aliphatic heterocycles. The molecule has 1 amide bonds. The molecule has 2 aromatic heterocycles. The highest BCUT2D eigenvalue weighted by molar-refractivity contribution is 6.02. The van der Waals surface area contributed by atoms with Crippen molar-refractivity contribution >= 4 is 17.4 Å². The van der Waals surface area contributed by atoms with Crippen molar-refractivity contribution in [2.75, 3.05) is 5.32 Å². The summed E-state index contributed by atoms with van der Waals surface area (Å²) < 4.78 is 1.52. The van der Waals surface area contributed by atoms with Crippen molar-refractivity contribution in [1.82, 2.24) is 19.6 Å². The summed E-state index contributed by atoms with van der Waals surface area (Å²) in [6.45, 7) is 1.85. The molecular weight excluding hydrogens is 346 g/mol. The van der Waals surface area contributed by atoms with Crippen LogP contribution in [0.4, 0.5) is 5.69 Å². The van der Waals surface area contributed by atoms with Gasteiger partial charge in [-0.1, -0.05) is 30.3 Å². The number of nitrogens with one attached hydrogen (secondary N) is 1. The second-order valence-corrected chi connectivity index (χ2v) is 5.95. The van der Waals surface area contributed by atoms with E-state index < -0.39 is 5.91 Å². The van der Waals surface area contributed by atoms with Crippen molar-refractivity contribution in [1.29, 1.82) is 0 Å². The molecule has 27 heavy (non-hydrogen) atoms. The molecule has 8 heteroatoms. The second kappa shape index (κ2) is 6.41. The van der Waals surface area contributed by atoms with Crippen molar-refractivity contribution in [2.24, 2.45) is 0 Å². The van der Waals surface area contributed by atoms with Gasteiger partial charge >= 0.3 is 0 Å². The van der Waals surface area contributed by atoms with E-state index in [-0.39, 0.29) is 17.3 Å². The Balaban J connectivity index is 1.73. The number of hydrogen-bond acceptors (Lipinski definition) is 6. The minimum Gasteiger partial charge on any atom is -0.504 e. The summed E-state index contributed by atoms with van der Waals surface area (Å²) in [4.78, 5) is 21.0. The molecule has 2 aromatic carbocycles. The van der Waals surface area contributed by atoms with Gasteiger partial charge in [-0.25, -0.2) is 4.98 Å². The molecule has 0 saturated carbocycles. The Morgan fingerprint density at radius 2 is 1.78 bits per heavy atom. The normalized spacial score (nSPS) is 10.9. The molecule has 0 aliphatic carbocycles. The predicted octanol–water partition coefficient (Wildman–Crippen LogP) is 2.76. The van der Waals surface area contributed by atoms with E-state index in [9.17, 15) is 15.0 Å². The SMILES string of the molecule is Cc1cc(-c2ccccc2)n2nc(C(=O)Nc3ccc(O)c(O)c3)nc2n1. The highest BCUT2D eigenvalue weighted by Gasteiger charge is 2.17. The van der Waals surface area contributed by atoms with Crippen LogP contribution in [0.15, 0.2) is 54.6 Å². The number of benzene rings is 2. The van der Waals surface area contributed by atoms with Gasteiger partial charge in [0, 0.05) is 23.0 Å². The maximum Gasteiger partial charge on any atom is 0.295 e. The Bertz CT molecular complexity index is 1150. The van der Waals surface area contributed by atoms with E-state index in [0.717, 1.165) is 17.0 Å². The molecule has 0 unspecified atom stereocenters. The minimum atomic E-state index is -0.553. The lowest BCUT2D eigenvalue weighted by atomic mass is 10.1. The maximum atomic E-state index is 12.5. The second-order valence-electron chi connectivity index (χ2n) is 5.95. The van der Waals surface area contributed by atoms with Crippen LogP contribution in [-0.2, 0) is 0 Å². The van der Waals surface area contributed by atoms with Crippen molar-refractivity contribution in [3.05, 3.63) is 66.1 Å². The van der Waals surface area contributed by atoms with E-state index in [0.29, 0.717) is 11.5 Å². The summed E-state index contributed by atoms with van der Waals surface area (Å²) in [5, 5.41) is 25.8. The average molecular weight is 361 g/mol. The number of anilines is 1. The van der Waals surface area contributed by atoms with Crippen molar-refractivity contribution in [3.8, 4) is 22.8 Å². The van der Waals surface area contributed by atoms with Gasteiger partial charge in [0.2, 0.25) is 5.82 Å². The summed E-state index contributed by atoms with van der Waals surface area (Å²) in [5.74, 6) is -0.905. The topological polar surface area (TPSA) is 113 Å². The fourth-order valence-corrected chi connectivity index (χ4v) is 2.69. The number of phenolic OH excluding ortho intramolecular Hbond substituents is 2. The monoisotopic (exact) mass is 361 g/mol. The van der Waals surface area contributed by atoms with Crippen molar-refractivity contribution < 1.29 is 15.0 Å². The predicted molar refractivity (Wildman–Crippen MR) is 98.7 cm³/mol. The summed E-state index contributed by atoms with van der Waals surface area (Å²) in [7, 11) is 0. The molecule has 0 spiro atoms. The fraction of sp³-hybridized carbons (Fsp3) is 0.0526. The molecule has 4 aromatic rings. The van der Waals surface area contributed by atoms with E-state index in [2.05, 4.69) is 20.4 Å². The molecule has 4 rings (SSSR count). The fourth-order valence-electron chi connectivity index (χ4n) is 2.69. The first-order chi connectivity index (χ1) is 13.0. The van der Waals surface area contributed by atoms with Crippen LogP contribution in [-0.4, -0.2) is 35.7 Å². The van der Waals surface area contributed by atoms with E-state index >= 15 is 0 Å². The van der Waals surface area contributed by atoms with Crippen LogP contribution >= 0.6 is 0 Å². The van der Waals surface area contributed by atoms with Gasteiger partial charge < -0.3 is 15.5 Å². The minimum absolute atomic E-state index is 0.0576. The molecule has 0 bridgehead atoms. The van der Waals surface area contributed by atoms with Gasteiger partial charge in [-0.3, -0.25) is 4.79 Å². The van der Waals surface area contributed by atoms with Crippen LogP contribution in [0.2, 0.25) is 0 Å². The number of amides is 1. The smallest absolute Gasteiger partial charge is 0.295 e. The molecule has 0 radical (unpaired) electrons. The zero-order chi connectivity index (χ0) is 19.0. The average Bonchev–Trinajstić information content (AvgIpc) is 3.09. The number of hydrogen-bond donors (Lipinski definition) is 3. The number of carbonyl (C=O) groups is 1. The molecule has 134 valence electrons. The quantitative estimate of drug-likeness (QED) is 0.382. The Morgan fingerprint density at radius 1 is 1.00 bits per heavy atom. The Labute approximate surface area is 153 Å². The van der Waals surface area contributed by atoms with E-state index in [1.807, 2.05) is 43.3 Å². The highest BCUT2D eigenvalue weighted by atomic mass is 16.3. The first-order valence-electron chi connectivity index (χ1n) is 8.14. The summed E-state index contributed by atoms with van der Waals surface area (Å²) in [5.41, 5.74) is 2.76.